The van der Waals surface area contributed by atoms with Crippen molar-refractivity contribution in [3.05, 3.63) is 13.2 Å². The van der Waals surface area contributed by atoms with Gasteiger partial charge in [0.05, 0.1) is 0 Å². The average molecular weight is 169 g/mol. The monoisotopic (exact) mass is 168 g/mol. The molecule has 6 N–H and O–H groups in total. The molecule has 0 aliphatic rings. The van der Waals surface area contributed by atoms with Gasteiger partial charge in [0.1, 0.15) is 0 Å². The smallest absolute Gasteiger partial charge is 1.00 e. The summed E-state index contributed by atoms with van der Waals surface area (Å²) in [4.78, 5) is 0. The first-order valence-electron chi connectivity index (χ1n) is 0.500. The van der Waals surface area contributed by atoms with Crippen molar-refractivity contribution in [1.82, 2.24) is 12.3 Å². The molecule has 0 heterocycles. The predicted molar refractivity (Wildman–Crippen MR) is 31.5 cm³/mol. The first-order valence-corrected chi connectivity index (χ1v) is 0.500. The van der Waals surface area contributed by atoms with Crippen molar-refractivity contribution in [3.8, 4) is 0 Å². The van der Waals surface area contributed by atoms with E-state index in [-0.39, 0.29) is 144 Å². The molecule has 7 heavy (non-hydrogen) atoms. The van der Waals surface area contributed by atoms with E-state index in [9.17, 15) is 0 Å². The fraction of sp³-hybridized carbons (Fsp3) is 0. The van der Waals surface area contributed by atoms with Gasteiger partial charge in [-0.25, -0.2) is 0 Å². The largest absolute Gasteiger partial charge is 2.00 e. The summed E-state index contributed by atoms with van der Waals surface area (Å²) in [5.41, 5.74) is 0. The Bertz CT molecular complexity index is 24.1. The van der Waals surface area contributed by atoms with Crippen LogP contribution in [-0.4, -0.2) is 23.1 Å². The van der Waals surface area contributed by atoms with Crippen LogP contribution in [0.4, 0.5) is 0 Å². The van der Waals surface area contributed by atoms with Crippen molar-refractivity contribution in [2.24, 2.45) is 0 Å². The van der Waals surface area contributed by atoms with E-state index in [4.69, 9.17) is 0 Å². The molecular formula is C2H14K2MgN2. The predicted octanol–water partition coefficient (Wildman–Crippen LogP) is -4.80. The van der Waals surface area contributed by atoms with E-state index < -0.39 is 0 Å². The quantitative estimate of drug-likeness (QED) is 0.282. The molecule has 36 valence electrons. The fourth-order valence-corrected chi connectivity index (χ4v) is 0. The van der Waals surface area contributed by atoms with E-state index >= 15 is 0 Å². The Morgan fingerprint density at radius 1 is 0.857 bits per heavy atom. The second-order valence-corrected chi connectivity index (χ2v) is 0. The molecular weight excluding hydrogens is 155 g/mol. The third kappa shape index (κ3) is 42.0. The molecule has 0 fully saturated rings. The van der Waals surface area contributed by atoms with E-state index in [1.54, 1.807) is 0 Å². The molecule has 2 nitrogen and oxygen atoms in total. The summed E-state index contributed by atoms with van der Waals surface area (Å²) in [6.45, 7) is 6.00. The molecule has 0 atom stereocenters. The number of hydrogen-bond donors (Lipinski definition) is 2. The van der Waals surface area contributed by atoms with Crippen LogP contribution in [0.1, 0.15) is 5.71 Å². The van der Waals surface area contributed by atoms with E-state index in [0.29, 0.717) is 0 Å². The zero-order valence-corrected chi connectivity index (χ0v) is 13.2. The maximum absolute atomic E-state index is 3.00. The molecule has 0 aliphatic heterocycles. The molecule has 0 aliphatic carbocycles. The van der Waals surface area contributed by atoms with Crippen LogP contribution in [0.3, 0.4) is 0 Å². The molecule has 0 aromatic heterocycles. The van der Waals surface area contributed by atoms with Crippen molar-refractivity contribution in [2.75, 3.05) is 0 Å². The van der Waals surface area contributed by atoms with Gasteiger partial charge < -0.3 is 18.0 Å². The number of rotatable bonds is 0. The molecule has 0 spiro atoms. The molecule has 0 saturated heterocycles. The number of hydrogen-bond acceptors (Lipinski definition) is 2. The van der Waals surface area contributed by atoms with Gasteiger partial charge in [0.25, 0.3) is 0 Å². The first kappa shape index (κ1) is 45.6. The van der Waals surface area contributed by atoms with Crippen LogP contribution < -0.4 is 115 Å². The summed E-state index contributed by atoms with van der Waals surface area (Å²) in [6, 6.07) is 0. The Balaban J connectivity index is -0.000000000139. The third-order valence-electron chi connectivity index (χ3n) is 0. The summed E-state index contributed by atoms with van der Waals surface area (Å²) >= 11 is 0. The maximum Gasteiger partial charge on any atom is 2.00 e. The van der Waals surface area contributed by atoms with Gasteiger partial charge in [-0.15, -0.1) is 13.2 Å². The molecule has 0 radical (unpaired) electrons. The van der Waals surface area contributed by atoms with Gasteiger partial charge >= 0.3 is 126 Å². The molecule has 0 bridgehead atoms. The van der Waals surface area contributed by atoms with Crippen LogP contribution in [0.15, 0.2) is 13.2 Å². The minimum absolute atomic E-state index is 0. The molecule has 0 unspecified atom stereocenters. The summed E-state index contributed by atoms with van der Waals surface area (Å²) < 4.78 is 0. The Labute approximate surface area is 153 Å². The summed E-state index contributed by atoms with van der Waals surface area (Å²) in [6.07, 6.45) is 0. The topological polar surface area (TPSA) is 70.0 Å². The second kappa shape index (κ2) is 53.6. The first-order chi connectivity index (χ1) is 1.00. The van der Waals surface area contributed by atoms with E-state index in [1.165, 1.54) is 0 Å². The zero-order chi connectivity index (χ0) is 2.00. The molecule has 5 heteroatoms. The Kier molecular flexibility index (Phi) is 349. The van der Waals surface area contributed by atoms with Crippen LogP contribution in [0.25, 0.3) is 0 Å². The molecule has 0 rings (SSSR count). The molecule has 0 amide bonds. The second-order valence-electron chi connectivity index (χ2n) is 0. The van der Waals surface area contributed by atoms with Crippen molar-refractivity contribution in [1.29, 1.82) is 0 Å². The molecule has 0 saturated carbocycles. The van der Waals surface area contributed by atoms with Gasteiger partial charge in [0.15, 0.2) is 0 Å². The van der Waals surface area contributed by atoms with Gasteiger partial charge in [0.2, 0.25) is 0 Å². The SMILES string of the molecule is C=C.N.N.[H-].[H-].[H-].[H-].[K+].[K+].[Mg+2]. The minimum atomic E-state index is 0. The van der Waals surface area contributed by atoms with Crippen molar-refractivity contribution in [3.63, 3.8) is 0 Å². The van der Waals surface area contributed by atoms with Gasteiger partial charge in [-0.2, -0.15) is 0 Å². The molecule has 0 aromatic carbocycles. The van der Waals surface area contributed by atoms with E-state index in [0.717, 1.165) is 0 Å². The maximum atomic E-state index is 3.00. The average Bonchev–Trinajstić information content (AvgIpc) is 1.00. The Morgan fingerprint density at radius 2 is 0.857 bits per heavy atom. The van der Waals surface area contributed by atoms with Gasteiger partial charge in [-0.1, -0.05) is 0 Å². The van der Waals surface area contributed by atoms with Gasteiger partial charge in [0, 0.05) is 0 Å². The van der Waals surface area contributed by atoms with Crippen LogP contribution in [0.2, 0.25) is 0 Å². The van der Waals surface area contributed by atoms with E-state index in [2.05, 4.69) is 13.2 Å². The van der Waals surface area contributed by atoms with Crippen LogP contribution in [0, 0.1) is 0 Å². The summed E-state index contributed by atoms with van der Waals surface area (Å²) in [5.74, 6) is 0. The fourth-order valence-electron chi connectivity index (χ4n) is 0. The van der Waals surface area contributed by atoms with Crippen LogP contribution >= 0.6 is 0 Å². The van der Waals surface area contributed by atoms with Crippen molar-refractivity contribution >= 4 is 23.1 Å². The summed E-state index contributed by atoms with van der Waals surface area (Å²) in [7, 11) is 0. The van der Waals surface area contributed by atoms with E-state index in [1.807, 2.05) is 0 Å². The normalized spacial score (nSPS) is 0.571. The molecule has 0 aromatic rings. The van der Waals surface area contributed by atoms with Crippen molar-refractivity contribution < 1.29 is 108 Å². The van der Waals surface area contributed by atoms with Crippen LogP contribution in [0.5, 0.6) is 0 Å². The standard InChI is InChI=1S/C2H4.2K.Mg.2H3N.4H/c1-2;;;;;;;;;/h1-2H2;;;;2*1H3;;;;/q;2*+1;+2;;;4*-1. The summed E-state index contributed by atoms with van der Waals surface area (Å²) in [5, 5.41) is 0. The minimum Gasteiger partial charge on any atom is -1.00 e. The third-order valence-corrected chi connectivity index (χ3v) is 0. The van der Waals surface area contributed by atoms with Crippen molar-refractivity contribution in [2.45, 2.75) is 0 Å². The van der Waals surface area contributed by atoms with Gasteiger partial charge in [-0.05, 0) is 0 Å². The Hall–Kier alpha value is 3.70. The zero-order valence-electron chi connectivity index (χ0n) is 9.54. The Morgan fingerprint density at radius 3 is 0.857 bits per heavy atom. The van der Waals surface area contributed by atoms with Crippen LogP contribution in [-0.2, 0) is 0 Å². The van der Waals surface area contributed by atoms with Gasteiger partial charge in [-0.3, -0.25) is 0 Å².